The molecule has 0 aliphatic heterocycles. The molecule has 84 valence electrons. The molecule has 2 aromatic carbocycles. The van der Waals surface area contributed by atoms with E-state index in [0.717, 1.165) is 22.3 Å². The molecular weight excluding hydrogens is 255 g/mol. The number of rotatable bonds is 1. The van der Waals surface area contributed by atoms with Gasteiger partial charge in [-0.3, -0.25) is 0 Å². The zero-order valence-corrected chi connectivity index (χ0v) is 10.3. The first-order chi connectivity index (χ1) is 8.22. The zero-order valence-electron chi connectivity index (χ0n) is 8.78. The SMILES string of the molecule is Clc1cccc(-c2cc3cc(Cl)ccc3o2)c1. The van der Waals surface area contributed by atoms with Crippen LogP contribution in [-0.2, 0) is 0 Å². The van der Waals surface area contributed by atoms with Crippen molar-refractivity contribution in [2.75, 3.05) is 0 Å². The van der Waals surface area contributed by atoms with E-state index in [2.05, 4.69) is 0 Å². The van der Waals surface area contributed by atoms with E-state index < -0.39 is 0 Å². The van der Waals surface area contributed by atoms with E-state index in [1.807, 2.05) is 48.5 Å². The van der Waals surface area contributed by atoms with E-state index >= 15 is 0 Å². The monoisotopic (exact) mass is 262 g/mol. The number of furan rings is 1. The molecule has 3 rings (SSSR count). The van der Waals surface area contributed by atoms with Crippen molar-refractivity contribution in [2.24, 2.45) is 0 Å². The summed E-state index contributed by atoms with van der Waals surface area (Å²) in [6.07, 6.45) is 0. The van der Waals surface area contributed by atoms with Gasteiger partial charge in [0.1, 0.15) is 11.3 Å². The summed E-state index contributed by atoms with van der Waals surface area (Å²) in [5, 5.41) is 2.39. The lowest BCUT2D eigenvalue weighted by Crippen LogP contribution is -1.71. The highest BCUT2D eigenvalue weighted by Crippen LogP contribution is 2.30. The van der Waals surface area contributed by atoms with Crippen LogP contribution in [0.15, 0.2) is 52.9 Å². The van der Waals surface area contributed by atoms with Crippen molar-refractivity contribution in [3.05, 3.63) is 58.6 Å². The summed E-state index contributed by atoms with van der Waals surface area (Å²) in [4.78, 5) is 0. The third-order valence-corrected chi connectivity index (χ3v) is 3.06. The summed E-state index contributed by atoms with van der Waals surface area (Å²) < 4.78 is 5.75. The number of hydrogen-bond donors (Lipinski definition) is 0. The molecule has 0 saturated heterocycles. The van der Waals surface area contributed by atoms with Crippen molar-refractivity contribution in [3.8, 4) is 11.3 Å². The standard InChI is InChI=1S/C14H8Cl2O/c15-11-3-1-2-9(6-11)14-8-10-7-12(16)4-5-13(10)17-14/h1-8H. The second-order valence-electron chi connectivity index (χ2n) is 3.80. The summed E-state index contributed by atoms with van der Waals surface area (Å²) in [7, 11) is 0. The summed E-state index contributed by atoms with van der Waals surface area (Å²) in [5.41, 5.74) is 1.79. The molecule has 1 aromatic heterocycles. The van der Waals surface area contributed by atoms with Crippen LogP contribution < -0.4 is 0 Å². The summed E-state index contributed by atoms with van der Waals surface area (Å²) in [5.74, 6) is 0.796. The van der Waals surface area contributed by atoms with Gasteiger partial charge in [0.15, 0.2) is 0 Å². The molecule has 0 aliphatic rings. The van der Waals surface area contributed by atoms with E-state index in [4.69, 9.17) is 27.6 Å². The molecule has 3 heteroatoms. The predicted molar refractivity (Wildman–Crippen MR) is 71.7 cm³/mol. The third kappa shape index (κ3) is 2.04. The van der Waals surface area contributed by atoms with Crippen LogP contribution in [0.2, 0.25) is 10.0 Å². The second kappa shape index (κ2) is 4.10. The van der Waals surface area contributed by atoms with Gasteiger partial charge in [0.05, 0.1) is 0 Å². The lowest BCUT2D eigenvalue weighted by atomic mass is 10.1. The van der Waals surface area contributed by atoms with Crippen molar-refractivity contribution in [1.82, 2.24) is 0 Å². The Balaban J connectivity index is 2.18. The normalized spacial score (nSPS) is 10.9. The van der Waals surface area contributed by atoms with Gasteiger partial charge in [-0.05, 0) is 36.4 Å². The van der Waals surface area contributed by atoms with E-state index in [-0.39, 0.29) is 0 Å². The van der Waals surface area contributed by atoms with E-state index in [1.165, 1.54) is 0 Å². The van der Waals surface area contributed by atoms with Crippen LogP contribution >= 0.6 is 23.2 Å². The first-order valence-electron chi connectivity index (χ1n) is 5.17. The van der Waals surface area contributed by atoms with E-state index in [0.29, 0.717) is 10.0 Å². The van der Waals surface area contributed by atoms with Crippen LogP contribution in [0.3, 0.4) is 0 Å². The fourth-order valence-corrected chi connectivity index (χ4v) is 2.17. The number of halogens is 2. The zero-order chi connectivity index (χ0) is 11.8. The lowest BCUT2D eigenvalue weighted by Gasteiger charge is -1.96. The highest BCUT2D eigenvalue weighted by molar-refractivity contribution is 6.31. The fraction of sp³-hybridized carbons (Fsp3) is 0. The van der Waals surface area contributed by atoms with Gasteiger partial charge in [-0.15, -0.1) is 0 Å². The van der Waals surface area contributed by atoms with Gasteiger partial charge in [0, 0.05) is 21.0 Å². The molecule has 0 saturated carbocycles. The summed E-state index contributed by atoms with van der Waals surface area (Å²) in [6, 6.07) is 15.1. The highest BCUT2D eigenvalue weighted by atomic mass is 35.5. The molecule has 0 atom stereocenters. The molecule has 0 N–H and O–H groups in total. The Hall–Kier alpha value is -1.44. The Labute approximate surface area is 109 Å². The predicted octanol–water partition coefficient (Wildman–Crippen LogP) is 5.41. The number of benzene rings is 2. The van der Waals surface area contributed by atoms with Gasteiger partial charge < -0.3 is 4.42 Å². The van der Waals surface area contributed by atoms with Crippen LogP contribution in [0.25, 0.3) is 22.3 Å². The Morgan fingerprint density at radius 2 is 1.65 bits per heavy atom. The molecule has 0 bridgehead atoms. The van der Waals surface area contributed by atoms with E-state index in [9.17, 15) is 0 Å². The molecule has 0 fully saturated rings. The smallest absolute Gasteiger partial charge is 0.135 e. The summed E-state index contributed by atoms with van der Waals surface area (Å²) >= 11 is 11.9. The molecule has 1 heterocycles. The topological polar surface area (TPSA) is 13.1 Å². The minimum atomic E-state index is 0.695. The van der Waals surface area contributed by atoms with Gasteiger partial charge >= 0.3 is 0 Å². The van der Waals surface area contributed by atoms with Crippen molar-refractivity contribution in [2.45, 2.75) is 0 Å². The average molecular weight is 263 g/mol. The Morgan fingerprint density at radius 3 is 2.47 bits per heavy atom. The molecule has 0 spiro atoms. The Kier molecular flexibility index (Phi) is 2.58. The van der Waals surface area contributed by atoms with Crippen molar-refractivity contribution in [1.29, 1.82) is 0 Å². The largest absolute Gasteiger partial charge is 0.456 e. The highest BCUT2D eigenvalue weighted by Gasteiger charge is 2.06. The maximum absolute atomic E-state index is 5.96. The molecule has 0 unspecified atom stereocenters. The van der Waals surface area contributed by atoms with Gasteiger partial charge in [-0.1, -0.05) is 35.3 Å². The Morgan fingerprint density at radius 1 is 0.824 bits per heavy atom. The number of hydrogen-bond acceptors (Lipinski definition) is 1. The van der Waals surface area contributed by atoms with Crippen molar-refractivity contribution >= 4 is 34.2 Å². The van der Waals surface area contributed by atoms with Gasteiger partial charge in [-0.2, -0.15) is 0 Å². The lowest BCUT2D eigenvalue weighted by molar-refractivity contribution is 0.631. The fourth-order valence-electron chi connectivity index (χ4n) is 1.80. The molecule has 0 aliphatic carbocycles. The minimum absolute atomic E-state index is 0.695. The summed E-state index contributed by atoms with van der Waals surface area (Å²) in [6.45, 7) is 0. The van der Waals surface area contributed by atoms with Gasteiger partial charge in [-0.25, -0.2) is 0 Å². The average Bonchev–Trinajstić information content (AvgIpc) is 2.72. The first-order valence-corrected chi connectivity index (χ1v) is 5.93. The van der Waals surface area contributed by atoms with Crippen molar-refractivity contribution in [3.63, 3.8) is 0 Å². The maximum Gasteiger partial charge on any atom is 0.135 e. The van der Waals surface area contributed by atoms with Gasteiger partial charge in [0.2, 0.25) is 0 Å². The van der Waals surface area contributed by atoms with Crippen LogP contribution in [0.5, 0.6) is 0 Å². The molecule has 3 aromatic rings. The third-order valence-electron chi connectivity index (χ3n) is 2.59. The van der Waals surface area contributed by atoms with Crippen LogP contribution in [-0.4, -0.2) is 0 Å². The molecule has 17 heavy (non-hydrogen) atoms. The maximum atomic E-state index is 5.96. The van der Waals surface area contributed by atoms with E-state index in [1.54, 1.807) is 0 Å². The molecular formula is C14H8Cl2O. The van der Waals surface area contributed by atoms with Crippen molar-refractivity contribution < 1.29 is 4.42 Å². The minimum Gasteiger partial charge on any atom is -0.456 e. The quantitative estimate of drug-likeness (QED) is 0.572. The molecule has 0 radical (unpaired) electrons. The van der Waals surface area contributed by atoms with Gasteiger partial charge in [0.25, 0.3) is 0 Å². The van der Waals surface area contributed by atoms with Crippen LogP contribution in [0.1, 0.15) is 0 Å². The Bertz CT molecular complexity index is 686. The number of fused-ring (bicyclic) bond motifs is 1. The van der Waals surface area contributed by atoms with Crippen LogP contribution in [0.4, 0.5) is 0 Å². The molecule has 1 nitrogen and oxygen atoms in total. The second-order valence-corrected chi connectivity index (χ2v) is 4.68. The first kappa shape index (κ1) is 10.7. The molecule has 0 amide bonds. The van der Waals surface area contributed by atoms with Crippen LogP contribution in [0, 0.1) is 0 Å².